The van der Waals surface area contributed by atoms with Crippen LogP contribution in [0.5, 0.6) is 0 Å². The molecule has 1 aliphatic carbocycles. The van der Waals surface area contributed by atoms with Gasteiger partial charge in [0.2, 0.25) is 0 Å². The molecule has 1 aliphatic rings. The van der Waals surface area contributed by atoms with Gasteiger partial charge in [-0.25, -0.2) is 4.79 Å². The van der Waals surface area contributed by atoms with Crippen LogP contribution in [-0.4, -0.2) is 29.5 Å². The zero-order valence-corrected chi connectivity index (χ0v) is 17.6. The number of pyridine rings is 1. The Balaban J connectivity index is 1.67. The van der Waals surface area contributed by atoms with Gasteiger partial charge in [0.05, 0.1) is 11.1 Å². The minimum absolute atomic E-state index is 0.263. The Bertz CT molecular complexity index is 933. The number of aryl methyl sites for hydroxylation is 1. The molecule has 1 amide bonds. The average molecular weight is 395 g/mol. The van der Waals surface area contributed by atoms with Crippen molar-refractivity contribution >= 4 is 22.8 Å². The number of fused-ring (bicyclic) bond motifs is 1. The van der Waals surface area contributed by atoms with Gasteiger partial charge in [0.25, 0.3) is 5.91 Å². The van der Waals surface area contributed by atoms with E-state index in [9.17, 15) is 9.59 Å². The molecule has 1 atom stereocenters. The fourth-order valence-corrected chi connectivity index (χ4v) is 3.86. The third-order valence-corrected chi connectivity index (χ3v) is 5.56. The smallest absolute Gasteiger partial charge is 0.339 e. The molecular weight excluding hydrogens is 364 g/mol. The summed E-state index contributed by atoms with van der Waals surface area (Å²) in [5, 5.41) is 3.65. The fourth-order valence-electron chi connectivity index (χ4n) is 3.86. The molecule has 29 heavy (non-hydrogen) atoms. The van der Waals surface area contributed by atoms with E-state index < -0.39 is 12.1 Å². The van der Waals surface area contributed by atoms with Crippen LogP contribution < -0.4 is 5.32 Å². The lowest BCUT2D eigenvalue weighted by Crippen LogP contribution is -2.36. The van der Waals surface area contributed by atoms with E-state index in [2.05, 4.69) is 16.4 Å². The number of hydrogen-bond acceptors (Lipinski definition) is 4. The Kier molecular flexibility index (Phi) is 7.02. The van der Waals surface area contributed by atoms with Crippen molar-refractivity contribution in [3.8, 4) is 0 Å². The summed E-state index contributed by atoms with van der Waals surface area (Å²) in [7, 11) is 0. The van der Waals surface area contributed by atoms with Gasteiger partial charge >= 0.3 is 5.97 Å². The van der Waals surface area contributed by atoms with Gasteiger partial charge in [-0.15, -0.1) is 0 Å². The van der Waals surface area contributed by atoms with Gasteiger partial charge < -0.3 is 10.1 Å². The number of ether oxygens (including phenoxy) is 1. The summed E-state index contributed by atoms with van der Waals surface area (Å²) in [5.74, 6) is -0.741. The second-order valence-corrected chi connectivity index (χ2v) is 7.63. The minimum Gasteiger partial charge on any atom is -0.449 e. The highest BCUT2D eigenvalue weighted by atomic mass is 16.5. The number of rotatable bonds is 7. The third kappa shape index (κ3) is 5.03. The van der Waals surface area contributed by atoms with Crippen LogP contribution in [0.2, 0.25) is 0 Å². The second kappa shape index (κ2) is 9.68. The number of para-hydroxylation sites is 1. The summed E-state index contributed by atoms with van der Waals surface area (Å²) in [5.41, 5.74) is 4.35. The molecule has 1 heterocycles. The Labute approximate surface area is 172 Å². The Morgan fingerprint density at radius 1 is 1.24 bits per heavy atom. The lowest BCUT2D eigenvalue weighted by molar-refractivity contribution is -0.129. The summed E-state index contributed by atoms with van der Waals surface area (Å²) >= 11 is 0. The number of amides is 1. The SMILES string of the molecule is CCc1nc2ccccc2c(C(=O)O[C@@H](C)C(=O)NCCC2=CCCCC2)c1C. The summed E-state index contributed by atoms with van der Waals surface area (Å²) in [6.07, 6.45) is 7.76. The number of benzene rings is 1. The maximum atomic E-state index is 12.9. The van der Waals surface area contributed by atoms with Crippen LogP contribution in [0.3, 0.4) is 0 Å². The number of carbonyl (C=O) groups is 2. The first-order valence-corrected chi connectivity index (χ1v) is 10.6. The predicted octanol–water partition coefficient (Wildman–Crippen LogP) is 4.66. The molecule has 0 radical (unpaired) electrons. The molecule has 5 nitrogen and oxygen atoms in total. The molecule has 3 rings (SSSR count). The van der Waals surface area contributed by atoms with Gasteiger partial charge in [0.15, 0.2) is 6.10 Å². The first kappa shape index (κ1) is 21.0. The topological polar surface area (TPSA) is 68.3 Å². The van der Waals surface area contributed by atoms with Gasteiger partial charge in [-0.2, -0.15) is 0 Å². The summed E-state index contributed by atoms with van der Waals surface area (Å²) in [6, 6.07) is 7.54. The second-order valence-electron chi connectivity index (χ2n) is 7.63. The predicted molar refractivity (Wildman–Crippen MR) is 115 cm³/mol. The lowest BCUT2D eigenvalue weighted by Gasteiger charge is -2.17. The van der Waals surface area contributed by atoms with Crippen molar-refractivity contribution < 1.29 is 14.3 Å². The van der Waals surface area contributed by atoms with E-state index in [1.807, 2.05) is 38.1 Å². The van der Waals surface area contributed by atoms with Crippen molar-refractivity contribution in [2.75, 3.05) is 6.54 Å². The molecular formula is C24H30N2O3. The molecule has 0 bridgehead atoms. The van der Waals surface area contributed by atoms with Gasteiger partial charge in [0, 0.05) is 17.6 Å². The molecule has 154 valence electrons. The zero-order chi connectivity index (χ0) is 20.8. The van der Waals surface area contributed by atoms with E-state index >= 15 is 0 Å². The van der Waals surface area contributed by atoms with Gasteiger partial charge in [-0.1, -0.05) is 36.8 Å². The van der Waals surface area contributed by atoms with E-state index in [4.69, 9.17) is 4.74 Å². The number of aromatic nitrogens is 1. The molecule has 1 aromatic carbocycles. The Morgan fingerprint density at radius 3 is 2.76 bits per heavy atom. The molecule has 5 heteroatoms. The first-order valence-electron chi connectivity index (χ1n) is 10.6. The first-order chi connectivity index (χ1) is 14.0. The van der Waals surface area contributed by atoms with Crippen molar-refractivity contribution in [2.45, 2.75) is 65.4 Å². The van der Waals surface area contributed by atoms with Crippen molar-refractivity contribution in [2.24, 2.45) is 0 Å². The van der Waals surface area contributed by atoms with Crippen LogP contribution in [-0.2, 0) is 16.0 Å². The van der Waals surface area contributed by atoms with Crippen LogP contribution in [0.15, 0.2) is 35.9 Å². The Morgan fingerprint density at radius 2 is 2.03 bits per heavy atom. The number of carbonyl (C=O) groups excluding carboxylic acids is 2. The number of nitrogens with zero attached hydrogens (tertiary/aromatic N) is 1. The maximum Gasteiger partial charge on any atom is 0.339 e. The molecule has 0 saturated heterocycles. The van der Waals surface area contributed by atoms with Gasteiger partial charge in [0.1, 0.15) is 0 Å². The number of esters is 1. The molecule has 1 N–H and O–H groups in total. The monoisotopic (exact) mass is 394 g/mol. The molecule has 0 spiro atoms. The Hall–Kier alpha value is -2.69. The molecule has 0 aliphatic heterocycles. The van der Waals surface area contributed by atoms with E-state index in [0.29, 0.717) is 12.1 Å². The largest absolute Gasteiger partial charge is 0.449 e. The molecule has 0 saturated carbocycles. The number of nitrogens with one attached hydrogen (secondary N) is 1. The summed E-state index contributed by atoms with van der Waals surface area (Å²) < 4.78 is 5.54. The minimum atomic E-state index is -0.848. The van der Waals surface area contributed by atoms with Crippen LogP contribution in [0, 0.1) is 6.92 Å². The van der Waals surface area contributed by atoms with Crippen molar-refractivity contribution in [3.05, 3.63) is 52.7 Å². The molecule has 0 unspecified atom stereocenters. The van der Waals surface area contributed by atoms with Gasteiger partial charge in [-0.3, -0.25) is 9.78 Å². The van der Waals surface area contributed by atoms with Crippen LogP contribution in [0.4, 0.5) is 0 Å². The number of hydrogen-bond donors (Lipinski definition) is 1. The summed E-state index contributed by atoms with van der Waals surface area (Å²) in [6.45, 7) is 6.09. The van der Waals surface area contributed by atoms with E-state index in [0.717, 1.165) is 47.8 Å². The highest BCUT2D eigenvalue weighted by molar-refractivity contribution is 6.05. The van der Waals surface area contributed by atoms with Gasteiger partial charge in [-0.05, 0) is 64.0 Å². The summed E-state index contributed by atoms with van der Waals surface area (Å²) in [4.78, 5) is 30.0. The number of allylic oxidation sites excluding steroid dienone is 1. The molecule has 0 fully saturated rings. The van der Waals surface area contributed by atoms with Crippen molar-refractivity contribution in [3.63, 3.8) is 0 Å². The van der Waals surface area contributed by atoms with Crippen LogP contribution >= 0.6 is 0 Å². The zero-order valence-electron chi connectivity index (χ0n) is 17.6. The van der Waals surface area contributed by atoms with Crippen molar-refractivity contribution in [1.29, 1.82) is 0 Å². The average Bonchev–Trinajstić information content (AvgIpc) is 2.73. The maximum absolute atomic E-state index is 12.9. The van der Waals surface area contributed by atoms with Crippen LogP contribution in [0.25, 0.3) is 10.9 Å². The third-order valence-electron chi connectivity index (χ3n) is 5.56. The van der Waals surface area contributed by atoms with E-state index in [-0.39, 0.29) is 5.91 Å². The van der Waals surface area contributed by atoms with E-state index in [1.54, 1.807) is 6.92 Å². The lowest BCUT2D eigenvalue weighted by atomic mass is 9.97. The highest BCUT2D eigenvalue weighted by Gasteiger charge is 2.23. The molecule has 1 aromatic heterocycles. The normalized spacial score (nSPS) is 14.9. The standard InChI is InChI=1S/C24H30N2O3/c1-4-20-16(2)22(19-12-8-9-13-21(19)26-20)24(28)29-17(3)23(27)25-15-14-18-10-6-5-7-11-18/h8-10,12-13,17H,4-7,11,14-15H2,1-3H3,(H,25,27)/t17-/m0/s1. The van der Waals surface area contributed by atoms with E-state index in [1.165, 1.54) is 18.4 Å². The molecule has 2 aromatic rings. The fraction of sp³-hybridized carbons (Fsp3) is 0.458. The quantitative estimate of drug-likeness (QED) is 0.548. The van der Waals surface area contributed by atoms with Crippen LogP contribution in [0.1, 0.15) is 67.6 Å². The van der Waals surface area contributed by atoms with Crippen molar-refractivity contribution in [1.82, 2.24) is 10.3 Å². The highest BCUT2D eigenvalue weighted by Crippen LogP contribution is 2.25.